The summed E-state index contributed by atoms with van der Waals surface area (Å²) in [6.45, 7) is 6.06. The first kappa shape index (κ1) is 20.5. The molecule has 1 fully saturated rings. The first-order valence-electron chi connectivity index (χ1n) is 8.40. The summed E-state index contributed by atoms with van der Waals surface area (Å²) in [4.78, 5) is 15.2. The molecule has 1 amide bonds. The number of carbonyl (C=O) groups is 1. The van der Waals surface area contributed by atoms with Crippen LogP contribution in [0.15, 0.2) is 24.3 Å². The highest BCUT2D eigenvalue weighted by atomic mass is 35.5. The minimum absolute atomic E-state index is 0.136. The van der Waals surface area contributed by atoms with Crippen LogP contribution in [0.5, 0.6) is 0 Å². The number of hydrogen-bond acceptors (Lipinski definition) is 3. The van der Waals surface area contributed by atoms with Crippen LogP contribution in [0.2, 0.25) is 5.02 Å². The maximum absolute atomic E-state index is 12.4. The number of ether oxygens (including phenoxy) is 1. The molecule has 0 aromatic heterocycles. The Morgan fingerprint density at radius 3 is 2.54 bits per heavy atom. The standard InChI is InChI=1S/C18H23Cl2N4O2/c1-18(2,3)26-17(25)23-10-4-5-14(23)15(21)24(16(20)22)11-12-6-8-13(19)9-7-12/h6-9,14,22H,4-5,10-11H2,1-3H3/q-1/t14-/m1/s1. The molecular weight excluding hydrogens is 375 g/mol. The Bertz CT molecular complexity index is 685. The summed E-state index contributed by atoms with van der Waals surface area (Å²) >= 11 is 11.8. The lowest BCUT2D eigenvalue weighted by Crippen LogP contribution is -2.49. The van der Waals surface area contributed by atoms with Crippen molar-refractivity contribution in [1.29, 1.82) is 5.41 Å². The molecule has 1 aliphatic rings. The van der Waals surface area contributed by atoms with Gasteiger partial charge in [-0.3, -0.25) is 5.41 Å². The van der Waals surface area contributed by atoms with Crippen molar-refractivity contribution in [2.24, 2.45) is 0 Å². The highest BCUT2D eigenvalue weighted by molar-refractivity contribution is 6.65. The third-order valence-electron chi connectivity index (χ3n) is 3.95. The van der Waals surface area contributed by atoms with E-state index in [0.29, 0.717) is 18.0 Å². The smallest absolute Gasteiger partial charge is 0.410 e. The van der Waals surface area contributed by atoms with Crippen LogP contribution in [0.1, 0.15) is 39.2 Å². The molecule has 0 saturated carbocycles. The van der Waals surface area contributed by atoms with E-state index >= 15 is 0 Å². The molecule has 0 aliphatic carbocycles. The molecule has 1 saturated heterocycles. The highest BCUT2D eigenvalue weighted by Gasteiger charge is 2.33. The molecule has 1 heterocycles. The number of nitrogens with one attached hydrogen (secondary N) is 1. The molecule has 1 aliphatic heterocycles. The number of nitrogens with zero attached hydrogens (tertiary/aromatic N) is 3. The number of amidine groups is 2. The predicted octanol–water partition coefficient (Wildman–Crippen LogP) is 4.68. The summed E-state index contributed by atoms with van der Waals surface area (Å²) in [6, 6.07) is 6.47. The second kappa shape index (κ2) is 8.27. The van der Waals surface area contributed by atoms with E-state index in [2.05, 4.69) is 0 Å². The van der Waals surface area contributed by atoms with Crippen molar-refractivity contribution in [2.75, 3.05) is 6.54 Å². The zero-order valence-electron chi connectivity index (χ0n) is 15.1. The fourth-order valence-corrected chi connectivity index (χ4v) is 3.05. The fourth-order valence-electron chi connectivity index (χ4n) is 2.78. The van der Waals surface area contributed by atoms with Gasteiger partial charge < -0.3 is 19.9 Å². The van der Waals surface area contributed by atoms with Crippen molar-refractivity contribution in [3.8, 4) is 0 Å². The summed E-state index contributed by atoms with van der Waals surface area (Å²) in [6.07, 6.45) is 0.823. The zero-order chi connectivity index (χ0) is 19.5. The van der Waals surface area contributed by atoms with E-state index in [1.807, 2.05) is 0 Å². The van der Waals surface area contributed by atoms with Crippen LogP contribution in [0.4, 0.5) is 4.79 Å². The third-order valence-corrected chi connectivity index (χ3v) is 4.40. The van der Waals surface area contributed by atoms with Gasteiger partial charge in [-0.2, -0.15) is 0 Å². The highest BCUT2D eigenvalue weighted by Crippen LogP contribution is 2.24. The SMILES string of the molecule is CC(C)(C)OC(=O)N1CCC[C@@H]1C(=[N-])N(Cc1ccc(Cl)cc1)C(=N)Cl. The Kier molecular flexibility index (Phi) is 6.53. The largest absolute Gasteiger partial charge is 0.467 e. The van der Waals surface area contributed by atoms with Gasteiger partial charge >= 0.3 is 6.09 Å². The molecule has 8 heteroatoms. The molecule has 6 nitrogen and oxygen atoms in total. The number of carbonyl (C=O) groups excluding carboxylic acids is 1. The van der Waals surface area contributed by atoms with Crippen molar-refractivity contribution in [3.05, 3.63) is 40.3 Å². The molecule has 1 aromatic carbocycles. The summed E-state index contributed by atoms with van der Waals surface area (Å²) in [5.74, 6) is -0.136. The van der Waals surface area contributed by atoms with Gasteiger partial charge in [0.2, 0.25) is 0 Å². The fraction of sp³-hybridized carbons (Fsp3) is 0.500. The van der Waals surface area contributed by atoms with Crippen molar-refractivity contribution >= 4 is 40.4 Å². The van der Waals surface area contributed by atoms with Gasteiger partial charge in [0, 0.05) is 11.6 Å². The molecule has 0 unspecified atom stereocenters. The normalized spacial score (nSPS) is 17.1. The number of hydrogen-bond donors (Lipinski definition) is 1. The molecule has 0 radical (unpaired) electrons. The quantitative estimate of drug-likeness (QED) is 0.456. The Labute approximate surface area is 164 Å². The first-order chi connectivity index (χ1) is 12.1. The van der Waals surface area contributed by atoms with Gasteiger partial charge in [0.25, 0.3) is 0 Å². The van der Waals surface area contributed by atoms with E-state index in [1.165, 1.54) is 9.80 Å². The number of amides is 1. The average Bonchev–Trinajstić information content (AvgIpc) is 3.01. The number of rotatable bonds is 3. The van der Waals surface area contributed by atoms with Crippen molar-refractivity contribution in [2.45, 2.75) is 51.8 Å². The molecule has 1 atom stereocenters. The summed E-state index contributed by atoms with van der Waals surface area (Å²) in [5, 5.41) is 18.8. The molecule has 142 valence electrons. The maximum atomic E-state index is 12.4. The van der Waals surface area contributed by atoms with Crippen LogP contribution < -0.4 is 0 Å². The minimum atomic E-state index is -0.623. The van der Waals surface area contributed by atoms with E-state index in [-0.39, 0.29) is 17.7 Å². The lowest BCUT2D eigenvalue weighted by Gasteiger charge is -2.39. The Morgan fingerprint density at radius 2 is 2.00 bits per heavy atom. The zero-order valence-corrected chi connectivity index (χ0v) is 16.6. The van der Waals surface area contributed by atoms with Crippen molar-refractivity contribution in [1.82, 2.24) is 9.80 Å². The van der Waals surface area contributed by atoms with Crippen molar-refractivity contribution < 1.29 is 9.53 Å². The van der Waals surface area contributed by atoms with E-state index in [1.54, 1.807) is 45.0 Å². The van der Waals surface area contributed by atoms with E-state index in [0.717, 1.165) is 12.0 Å². The molecule has 26 heavy (non-hydrogen) atoms. The van der Waals surface area contributed by atoms with Crippen LogP contribution in [0.25, 0.3) is 5.41 Å². The molecule has 1 aromatic rings. The minimum Gasteiger partial charge on any atom is -0.467 e. The lowest BCUT2D eigenvalue weighted by atomic mass is 10.1. The molecule has 1 N–H and O–H groups in total. The average molecular weight is 398 g/mol. The topological polar surface area (TPSA) is 78.9 Å². The van der Waals surface area contributed by atoms with Gasteiger partial charge in [0.05, 0.1) is 6.04 Å². The van der Waals surface area contributed by atoms with Gasteiger partial charge in [-0.1, -0.05) is 41.2 Å². The Morgan fingerprint density at radius 1 is 1.38 bits per heavy atom. The number of halogens is 2. The summed E-state index contributed by atoms with van der Waals surface area (Å²) in [7, 11) is 0. The maximum Gasteiger partial charge on any atom is 0.410 e. The molecule has 0 bridgehead atoms. The first-order valence-corrected chi connectivity index (χ1v) is 9.15. The Hall–Kier alpha value is -1.79. The van der Waals surface area contributed by atoms with Gasteiger partial charge in [0.1, 0.15) is 10.9 Å². The second-order valence-corrected chi connectivity index (χ2v) is 7.99. The summed E-state index contributed by atoms with van der Waals surface area (Å²) < 4.78 is 5.42. The van der Waals surface area contributed by atoms with Crippen molar-refractivity contribution in [3.63, 3.8) is 0 Å². The van der Waals surface area contributed by atoms with E-state index in [4.69, 9.17) is 33.3 Å². The summed E-state index contributed by atoms with van der Waals surface area (Å²) in [5.41, 5.74) is 0.204. The predicted molar refractivity (Wildman–Crippen MR) is 105 cm³/mol. The molecular formula is C18H23Cl2N4O2-. The number of benzene rings is 1. The van der Waals surface area contributed by atoms with Crippen LogP contribution in [0, 0.1) is 5.41 Å². The number of likely N-dealkylation sites (tertiary alicyclic amines) is 1. The van der Waals surface area contributed by atoms with Crippen LogP contribution >= 0.6 is 23.2 Å². The van der Waals surface area contributed by atoms with Crippen LogP contribution in [-0.2, 0) is 11.3 Å². The van der Waals surface area contributed by atoms with Gasteiger partial charge in [-0.25, -0.2) is 4.79 Å². The van der Waals surface area contributed by atoms with Crippen LogP contribution in [0.3, 0.4) is 0 Å². The van der Waals surface area contributed by atoms with E-state index < -0.39 is 17.7 Å². The van der Waals surface area contributed by atoms with Gasteiger partial charge in [-0.05, 0) is 57.9 Å². The third kappa shape index (κ3) is 5.35. The van der Waals surface area contributed by atoms with E-state index in [9.17, 15) is 10.2 Å². The molecule has 0 spiro atoms. The van der Waals surface area contributed by atoms with Crippen LogP contribution in [-0.4, -0.2) is 45.2 Å². The molecule has 2 rings (SSSR count). The van der Waals surface area contributed by atoms with Gasteiger partial charge in [-0.15, -0.1) is 0 Å². The second-order valence-electron chi connectivity index (χ2n) is 7.19. The Balaban J connectivity index is 2.15. The van der Waals surface area contributed by atoms with Gasteiger partial charge in [0.15, 0.2) is 0 Å². The monoisotopic (exact) mass is 397 g/mol. The lowest BCUT2D eigenvalue weighted by molar-refractivity contribution is 0.0262.